The van der Waals surface area contributed by atoms with Gasteiger partial charge >= 0.3 is 0 Å². The van der Waals surface area contributed by atoms with E-state index in [0.29, 0.717) is 12.0 Å². The van der Waals surface area contributed by atoms with Gasteiger partial charge in [-0.05, 0) is 38.3 Å². The van der Waals surface area contributed by atoms with Crippen molar-refractivity contribution in [3.05, 3.63) is 24.0 Å². The summed E-state index contributed by atoms with van der Waals surface area (Å²) in [6, 6.07) is 5.02. The summed E-state index contributed by atoms with van der Waals surface area (Å²) >= 11 is 0. The first kappa shape index (κ1) is 11.4. The van der Waals surface area contributed by atoms with E-state index in [1.807, 2.05) is 0 Å². The molecule has 0 radical (unpaired) electrons. The molecule has 0 aliphatic rings. The fourth-order valence-corrected chi connectivity index (χ4v) is 1.95. The number of aromatic nitrogens is 1. The average molecular weight is 193 g/mol. The van der Waals surface area contributed by atoms with Crippen molar-refractivity contribution in [1.82, 2.24) is 4.57 Å². The molecule has 1 heteroatoms. The van der Waals surface area contributed by atoms with Gasteiger partial charge in [0.15, 0.2) is 0 Å². The minimum atomic E-state index is 0.587. The highest BCUT2D eigenvalue weighted by atomic mass is 15.0. The Bertz CT molecular complexity index is 260. The fraction of sp³-hybridized carbons (Fsp3) is 0.692. The van der Waals surface area contributed by atoms with E-state index in [1.165, 1.54) is 25.0 Å². The van der Waals surface area contributed by atoms with Gasteiger partial charge < -0.3 is 4.57 Å². The van der Waals surface area contributed by atoms with Gasteiger partial charge in [0.1, 0.15) is 0 Å². The standard InChI is InChI=1S/C13H23N/c1-5-6-8-12(4)13-9-7-10-14(13)11(2)3/h7,9-12H,5-6,8H2,1-4H3. The Balaban J connectivity index is 2.68. The predicted octanol–water partition coefficient (Wildman–Crippen LogP) is 4.36. The Morgan fingerprint density at radius 2 is 2.00 bits per heavy atom. The van der Waals surface area contributed by atoms with Crippen LogP contribution < -0.4 is 0 Å². The van der Waals surface area contributed by atoms with Gasteiger partial charge in [-0.25, -0.2) is 0 Å². The van der Waals surface area contributed by atoms with Gasteiger partial charge in [0, 0.05) is 17.9 Å². The lowest BCUT2D eigenvalue weighted by molar-refractivity contribution is 0.525. The lowest BCUT2D eigenvalue weighted by Crippen LogP contribution is -2.07. The van der Waals surface area contributed by atoms with Crippen molar-refractivity contribution in [2.75, 3.05) is 0 Å². The quantitative estimate of drug-likeness (QED) is 0.654. The molecule has 0 N–H and O–H groups in total. The highest BCUT2D eigenvalue weighted by Gasteiger charge is 2.10. The molecule has 0 aromatic carbocycles. The molecule has 1 atom stereocenters. The van der Waals surface area contributed by atoms with Crippen molar-refractivity contribution in [2.45, 2.75) is 58.9 Å². The molecule has 1 rings (SSSR count). The maximum absolute atomic E-state index is 2.39. The van der Waals surface area contributed by atoms with Crippen molar-refractivity contribution in [2.24, 2.45) is 0 Å². The van der Waals surface area contributed by atoms with Crippen molar-refractivity contribution in [3.8, 4) is 0 Å². The predicted molar refractivity (Wildman–Crippen MR) is 62.8 cm³/mol. The number of rotatable bonds is 5. The van der Waals surface area contributed by atoms with Gasteiger partial charge in [-0.15, -0.1) is 0 Å². The van der Waals surface area contributed by atoms with Crippen molar-refractivity contribution in [3.63, 3.8) is 0 Å². The molecular formula is C13H23N. The summed E-state index contributed by atoms with van der Waals surface area (Å²) in [4.78, 5) is 0. The van der Waals surface area contributed by atoms with E-state index in [-0.39, 0.29) is 0 Å². The van der Waals surface area contributed by atoms with Crippen LogP contribution in [-0.4, -0.2) is 4.57 Å². The molecular weight excluding hydrogens is 170 g/mol. The van der Waals surface area contributed by atoms with Crippen LogP contribution in [0.25, 0.3) is 0 Å². The van der Waals surface area contributed by atoms with E-state index in [1.54, 1.807) is 0 Å². The molecule has 80 valence electrons. The second kappa shape index (κ2) is 5.23. The molecule has 0 bridgehead atoms. The largest absolute Gasteiger partial charge is 0.349 e. The zero-order valence-corrected chi connectivity index (χ0v) is 9.96. The first-order valence-corrected chi connectivity index (χ1v) is 5.83. The molecule has 1 aromatic rings. The third-order valence-electron chi connectivity index (χ3n) is 2.86. The van der Waals surface area contributed by atoms with E-state index in [2.05, 4.69) is 50.6 Å². The van der Waals surface area contributed by atoms with Crippen LogP contribution in [0, 0.1) is 0 Å². The summed E-state index contributed by atoms with van der Waals surface area (Å²) in [6.45, 7) is 9.09. The van der Waals surface area contributed by atoms with Crippen LogP contribution in [0.15, 0.2) is 18.3 Å². The van der Waals surface area contributed by atoms with E-state index in [9.17, 15) is 0 Å². The van der Waals surface area contributed by atoms with Gasteiger partial charge in [-0.3, -0.25) is 0 Å². The summed E-state index contributed by atoms with van der Waals surface area (Å²) in [6.07, 6.45) is 6.15. The Labute approximate surface area is 88.1 Å². The summed E-state index contributed by atoms with van der Waals surface area (Å²) in [5.41, 5.74) is 1.49. The van der Waals surface area contributed by atoms with Gasteiger partial charge in [-0.1, -0.05) is 26.7 Å². The lowest BCUT2D eigenvalue weighted by atomic mass is 10.0. The number of hydrogen-bond acceptors (Lipinski definition) is 0. The highest BCUT2D eigenvalue weighted by molar-refractivity contribution is 5.12. The Hall–Kier alpha value is -0.720. The zero-order chi connectivity index (χ0) is 10.6. The molecule has 0 amide bonds. The van der Waals surface area contributed by atoms with Crippen LogP contribution in [0.5, 0.6) is 0 Å². The van der Waals surface area contributed by atoms with Crippen molar-refractivity contribution >= 4 is 0 Å². The monoisotopic (exact) mass is 193 g/mol. The molecule has 14 heavy (non-hydrogen) atoms. The van der Waals surface area contributed by atoms with Gasteiger partial charge in [0.05, 0.1) is 0 Å². The molecule has 1 unspecified atom stereocenters. The maximum Gasteiger partial charge on any atom is 0.0276 e. The molecule has 1 nitrogen and oxygen atoms in total. The van der Waals surface area contributed by atoms with Crippen LogP contribution in [0.1, 0.15) is 64.6 Å². The van der Waals surface area contributed by atoms with Crippen LogP contribution in [0.3, 0.4) is 0 Å². The number of unbranched alkanes of at least 4 members (excludes halogenated alkanes) is 1. The van der Waals surface area contributed by atoms with Gasteiger partial charge in [0.25, 0.3) is 0 Å². The minimum Gasteiger partial charge on any atom is -0.349 e. The van der Waals surface area contributed by atoms with E-state index >= 15 is 0 Å². The van der Waals surface area contributed by atoms with Crippen molar-refractivity contribution < 1.29 is 0 Å². The molecule has 0 fully saturated rings. The Morgan fingerprint density at radius 3 is 2.57 bits per heavy atom. The third-order valence-corrected chi connectivity index (χ3v) is 2.86. The highest BCUT2D eigenvalue weighted by Crippen LogP contribution is 2.24. The van der Waals surface area contributed by atoms with Crippen LogP contribution >= 0.6 is 0 Å². The number of nitrogens with zero attached hydrogens (tertiary/aromatic N) is 1. The molecule has 1 heterocycles. The minimum absolute atomic E-state index is 0.587. The van der Waals surface area contributed by atoms with Crippen LogP contribution in [0.2, 0.25) is 0 Å². The SMILES string of the molecule is CCCCC(C)c1cccn1C(C)C. The zero-order valence-electron chi connectivity index (χ0n) is 9.96. The summed E-state index contributed by atoms with van der Waals surface area (Å²) in [5, 5.41) is 0. The third kappa shape index (κ3) is 2.63. The van der Waals surface area contributed by atoms with E-state index < -0.39 is 0 Å². The lowest BCUT2D eigenvalue weighted by Gasteiger charge is -2.18. The molecule has 1 aromatic heterocycles. The van der Waals surface area contributed by atoms with Gasteiger partial charge in [0.2, 0.25) is 0 Å². The van der Waals surface area contributed by atoms with Crippen LogP contribution in [0.4, 0.5) is 0 Å². The van der Waals surface area contributed by atoms with Crippen LogP contribution in [-0.2, 0) is 0 Å². The average Bonchev–Trinajstić information content (AvgIpc) is 2.62. The fourth-order valence-electron chi connectivity index (χ4n) is 1.95. The molecule has 0 saturated carbocycles. The first-order valence-electron chi connectivity index (χ1n) is 5.83. The summed E-state index contributed by atoms with van der Waals surface area (Å²) in [7, 11) is 0. The second-order valence-corrected chi connectivity index (χ2v) is 4.48. The van der Waals surface area contributed by atoms with Gasteiger partial charge in [-0.2, -0.15) is 0 Å². The Morgan fingerprint density at radius 1 is 1.29 bits per heavy atom. The summed E-state index contributed by atoms with van der Waals surface area (Å²) < 4.78 is 2.39. The Kier molecular flexibility index (Phi) is 4.24. The number of hydrogen-bond donors (Lipinski definition) is 0. The van der Waals surface area contributed by atoms with E-state index in [0.717, 1.165) is 0 Å². The molecule has 0 saturated heterocycles. The smallest absolute Gasteiger partial charge is 0.0276 e. The normalized spacial score (nSPS) is 13.5. The maximum atomic E-state index is 2.39. The van der Waals surface area contributed by atoms with E-state index in [4.69, 9.17) is 0 Å². The summed E-state index contributed by atoms with van der Waals surface area (Å²) in [5.74, 6) is 0.701. The molecule has 0 spiro atoms. The van der Waals surface area contributed by atoms with Crippen molar-refractivity contribution in [1.29, 1.82) is 0 Å². The second-order valence-electron chi connectivity index (χ2n) is 4.48. The first-order chi connectivity index (χ1) is 6.66. The molecule has 0 aliphatic carbocycles. The molecule has 0 aliphatic heterocycles. The topological polar surface area (TPSA) is 4.93 Å².